The molecule has 98 valence electrons. The quantitative estimate of drug-likeness (QED) is 0.670. The fourth-order valence-corrected chi connectivity index (χ4v) is 2.06. The zero-order valence-electron chi connectivity index (χ0n) is 10.9. The van der Waals surface area contributed by atoms with Gasteiger partial charge in [-0.15, -0.1) is 0 Å². The number of nitrogens with zero attached hydrogens (tertiary/aromatic N) is 4. The van der Waals surface area contributed by atoms with Crippen LogP contribution in [-0.2, 0) is 7.05 Å². The van der Waals surface area contributed by atoms with Gasteiger partial charge in [0.15, 0.2) is 5.58 Å². The van der Waals surface area contributed by atoms with Crippen LogP contribution in [-0.4, -0.2) is 14.5 Å². The van der Waals surface area contributed by atoms with Crippen molar-refractivity contribution in [2.24, 2.45) is 7.05 Å². The molecule has 0 saturated carbocycles. The fraction of sp³-hybridized carbons (Fsp3) is 0.143. The minimum atomic E-state index is -0.409. The van der Waals surface area contributed by atoms with Crippen LogP contribution in [0.4, 0.5) is 0 Å². The lowest BCUT2D eigenvalue weighted by atomic mass is 10.1. The predicted octanol–water partition coefficient (Wildman–Crippen LogP) is 1.77. The summed E-state index contributed by atoms with van der Waals surface area (Å²) in [5.74, 6) is 0.119. The number of aromatic nitrogens is 3. The van der Waals surface area contributed by atoms with E-state index in [1.807, 2.05) is 12.1 Å². The Morgan fingerprint density at radius 3 is 2.85 bits per heavy atom. The van der Waals surface area contributed by atoms with Crippen molar-refractivity contribution in [1.29, 1.82) is 5.26 Å². The number of benzene rings is 1. The van der Waals surface area contributed by atoms with Gasteiger partial charge in [-0.05, 0) is 25.1 Å². The molecule has 2 aromatic heterocycles. The van der Waals surface area contributed by atoms with Gasteiger partial charge in [-0.25, -0.2) is 14.8 Å². The van der Waals surface area contributed by atoms with Crippen molar-refractivity contribution in [3.8, 4) is 17.3 Å². The van der Waals surface area contributed by atoms with E-state index in [1.54, 1.807) is 32.2 Å². The maximum atomic E-state index is 11.5. The van der Waals surface area contributed by atoms with E-state index >= 15 is 0 Å². The number of hydrogen-bond donors (Lipinski definition) is 0. The van der Waals surface area contributed by atoms with Crippen molar-refractivity contribution < 1.29 is 4.42 Å². The van der Waals surface area contributed by atoms with Crippen molar-refractivity contribution in [2.45, 2.75) is 6.92 Å². The molecule has 0 N–H and O–H groups in total. The molecule has 0 radical (unpaired) electrons. The van der Waals surface area contributed by atoms with Gasteiger partial charge >= 0.3 is 5.76 Å². The molecule has 0 amide bonds. The molecule has 0 bridgehead atoms. The summed E-state index contributed by atoms with van der Waals surface area (Å²) in [7, 11) is 1.64. The van der Waals surface area contributed by atoms with Gasteiger partial charge in [-0.1, -0.05) is 0 Å². The number of hydrogen-bond acceptors (Lipinski definition) is 5. The van der Waals surface area contributed by atoms with E-state index in [2.05, 4.69) is 9.97 Å². The lowest BCUT2D eigenvalue weighted by Gasteiger charge is -2.03. The lowest BCUT2D eigenvalue weighted by molar-refractivity contribution is 0.528. The highest BCUT2D eigenvalue weighted by Crippen LogP contribution is 2.22. The number of oxazole rings is 1. The first-order valence-electron chi connectivity index (χ1n) is 5.94. The number of rotatable bonds is 1. The van der Waals surface area contributed by atoms with Gasteiger partial charge in [0.1, 0.15) is 17.6 Å². The summed E-state index contributed by atoms with van der Waals surface area (Å²) in [6.45, 7) is 1.73. The van der Waals surface area contributed by atoms with Gasteiger partial charge in [0.05, 0.1) is 11.2 Å². The number of fused-ring (bicyclic) bond motifs is 1. The maximum Gasteiger partial charge on any atom is 0.419 e. The van der Waals surface area contributed by atoms with Crippen molar-refractivity contribution >= 4 is 11.1 Å². The smallest absolute Gasteiger partial charge is 0.408 e. The van der Waals surface area contributed by atoms with Crippen molar-refractivity contribution in [3.63, 3.8) is 0 Å². The van der Waals surface area contributed by atoms with E-state index in [0.717, 1.165) is 5.56 Å². The van der Waals surface area contributed by atoms with Crippen LogP contribution in [0.25, 0.3) is 22.4 Å². The molecule has 6 nitrogen and oxygen atoms in total. The highest BCUT2D eigenvalue weighted by atomic mass is 16.4. The molecule has 0 unspecified atom stereocenters. The zero-order chi connectivity index (χ0) is 14.3. The average Bonchev–Trinajstić information content (AvgIpc) is 2.73. The lowest BCUT2D eigenvalue weighted by Crippen LogP contribution is -2.08. The Kier molecular flexibility index (Phi) is 2.61. The van der Waals surface area contributed by atoms with Crippen LogP contribution in [0.3, 0.4) is 0 Å². The second-order valence-electron chi connectivity index (χ2n) is 4.41. The van der Waals surface area contributed by atoms with Gasteiger partial charge in [0.2, 0.25) is 0 Å². The minimum absolute atomic E-state index is 0.314. The van der Waals surface area contributed by atoms with Gasteiger partial charge in [-0.2, -0.15) is 5.26 Å². The van der Waals surface area contributed by atoms with Crippen LogP contribution in [0.15, 0.2) is 33.5 Å². The van der Waals surface area contributed by atoms with Crippen LogP contribution in [0, 0.1) is 18.3 Å². The van der Waals surface area contributed by atoms with Crippen LogP contribution in [0.2, 0.25) is 0 Å². The molecule has 0 aliphatic heterocycles. The van der Waals surface area contributed by atoms with Crippen LogP contribution in [0.5, 0.6) is 0 Å². The van der Waals surface area contributed by atoms with Crippen LogP contribution in [0.1, 0.15) is 11.5 Å². The predicted molar refractivity (Wildman–Crippen MR) is 71.9 cm³/mol. The summed E-state index contributed by atoms with van der Waals surface area (Å²) >= 11 is 0. The summed E-state index contributed by atoms with van der Waals surface area (Å²) in [5, 5.41) is 8.95. The van der Waals surface area contributed by atoms with E-state index in [4.69, 9.17) is 9.68 Å². The zero-order valence-corrected chi connectivity index (χ0v) is 10.9. The monoisotopic (exact) mass is 266 g/mol. The topological polar surface area (TPSA) is 84.7 Å². The Morgan fingerprint density at radius 1 is 1.30 bits per heavy atom. The van der Waals surface area contributed by atoms with E-state index < -0.39 is 5.76 Å². The van der Waals surface area contributed by atoms with Gasteiger partial charge in [0.25, 0.3) is 0 Å². The summed E-state index contributed by atoms with van der Waals surface area (Å²) in [6, 6.07) is 8.95. The molecule has 0 aliphatic carbocycles. The molecular weight excluding hydrogens is 256 g/mol. The van der Waals surface area contributed by atoms with Gasteiger partial charge < -0.3 is 4.42 Å². The van der Waals surface area contributed by atoms with Gasteiger partial charge in [-0.3, -0.25) is 4.57 Å². The summed E-state index contributed by atoms with van der Waals surface area (Å²) in [4.78, 5) is 19.8. The molecular formula is C14H10N4O2. The molecule has 0 atom stereocenters. The van der Waals surface area contributed by atoms with E-state index in [-0.39, 0.29) is 0 Å². The second-order valence-corrected chi connectivity index (χ2v) is 4.41. The number of aryl methyl sites for hydroxylation is 2. The second kappa shape index (κ2) is 4.31. The SMILES string of the molecule is Cc1nc(C#N)cc(-c2ccc3oc(=O)n(C)c3c2)n1. The summed E-state index contributed by atoms with van der Waals surface area (Å²) < 4.78 is 6.51. The average molecular weight is 266 g/mol. The third-order valence-electron chi connectivity index (χ3n) is 3.04. The third-order valence-corrected chi connectivity index (χ3v) is 3.04. The molecule has 0 saturated heterocycles. The maximum absolute atomic E-state index is 11.5. The van der Waals surface area contributed by atoms with Gasteiger partial charge in [0, 0.05) is 18.7 Å². The van der Waals surface area contributed by atoms with Crippen molar-refractivity contribution in [3.05, 3.63) is 46.3 Å². The third kappa shape index (κ3) is 1.86. The molecule has 3 aromatic rings. The van der Waals surface area contributed by atoms with Crippen LogP contribution >= 0.6 is 0 Å². The minimum Gasteiger partial charge on any atom is -0.408 e. The Balaban J connectivity index is 2.24. The molecule has 2 heterocycles. The van der Waals surface area contributed by atoms with Crippen LogP contribution < -0.4 is 5.76 Å². The first-order valence-corrected chi connectivity index (χ1v) is 5.94. The Labute approximate surface area is 113 Å². The molecule has 0 aliphatic rings. The standard InChI is InChI=1S/C14H10N4O2/c1-8-16-10(7-15)6-11(17-8)9-3-4-13-12(5-9)18(2)14(19)20-13/h3-6H,1-2H3. The van der Waals surface area contributed by atoms with E-state index in [1.165, 1.54) is 4.57 Å². The highest BCUT2D eigenvalue weighted by Gasteiger charge is 2.09. The fourth-order valence-electron chi connectivity index (χ4n) is 2.06. The summed E-state index contributed by atoms with van der Waals surface area (Å²) in [5.41, 5.74) is 2.96. The molecule has 6 heteroatoms. The van der Waals surface area contributed by atoms with E-state index in [0.29, 0.717) is 28.3 Å². The Bertz CT molecular complexity index is 915. The first-order chi connectivity index (χ1) is 9.58. The molecule has 0 spiro atoms. The first kappa shape index (κ1) is 12.1. The van der Waals surface area contributed by atoms with Crippen molar-refractivity contribution in [2.75, 3.05) is 0 Å². The molecule has 3 rings (SSSR count). The largest absolute Gasteiger partial charge is 0.419 e. The summed E-state index contributed by atoms with van der Waals surface area (Å²) in [6.07, 6.45) is 0. The normalized spacial score (nSPS) is 10.7. The molecule has 0 fully saturated rings. The van der Waals surface area contributed by atoms with Crippen molar-refractivity contribution in [1.82, 2.24) is 14.5 Å². The van der Waals surface area contributed by atoms with E-state index in [9.17, 15) is 4.79 Å². The molecule has 1 aromatic carbocycles. The highest BCUT2D eigenvalue weighted by molar-refractivity contribution is 5.79. The molecule has 20 heavy (non-hydrogen) atoms. The Morgan fingerprint density at radius 2 is 2.10 bits per heavy atom. The Hall–Kier alpha value is -2.94. The number of nitriles is 1.